The van der Waals surface area contributed by atoms with Gasteiger partial charge in [-0.05, 0) is 56.9 Å². The van der Waals surface area contributed by atoms with Crippen LogP contribution in [0.25, 0.3) is 0 Å². The number of ether oxygens (including phenoxy) is 2. The van der Waals surface area contributed by atoms with Crippen LogP contribution in [-0.4, -0.2) is 72.8 Å². The van der Waals surface area contributed by atoms with E-state index in [1.54, 1.807) is 0 Å². The molecule has 1 atom stereocenters. The van der Waals surface area contributed by atoms with E-state index >= 15 is 0 Å². The summed E-state index contributed by atoms with van der Waals surface area (Å²) in [5, 5.41) is 3.10. The second-order valence-corrected chi connectivity index (χ2v) is 11.3. The van der Waals surface area contributed by atoms with E-state index in [1.807, 2.05) is 4.90 Å². The fraction of sp³-hybridized carbons (Fsp3) is 0.714. The molecule has 192 valence electrons. The van der Waals surface area contributed by atoms with Crippen LogP contribution >= 0.6 is 0 Å². The first-order chi connectivity index (χ1) is 17.0. The standard InChI is InChI=1S/C28H41N3O4/c1-21-4-2-5-23(16-21)18-30-13-11-28(12-14-30)20-31(27(33)35-28)19-22-7-9-24(10-8-22)26(32)29-17-25-6-3-15-34-25/h2,4-5,16,22,24-25H,3,6-15,17-20H2,1H3,(H,29,32). The monoisotopic (exact) mass is 483 g/mol. The molecule has 1 spiro atoms. The molecule has 35 heavy (non-hydrogen) atoms. The number of carbonyl (C=O) groups excluding carboxylic acids is 2. The summed E-state index contributed by atoms with van der Waals surface area (Å²) in [4.78, 5) is 29.7. The van der Waals surface area contributed by atoms with Crippen molar-refractivity contribution in [3.8, 4) is 0 Å². The Balaban J connectivity index is 1.04. The Bertz CT molecular complexity index is 884. The van der Waals surface area contributed by atoms with Crippen LogP contribution in [0.3, 0.4) is 0 Å². The van der Waals surface area contributed by atoms with E-state index in [0.29, 0.717) is 19.0 Å². The zero-order chi connectivity index (χ0) is 24.3. The van der Waals surface area contributed by atoms with Crippen molar-refractivity contribution in [2.75, 3.05) is 39.3 Å². The molecule has 1 saturated carbocycles. The van der Waals surface area contributed by atoms with E-state index in [-0.39, 0.29) is 29.6 Å². The zero-order valence-electron chi connectivity index (χ0n) is 21.2. The first-order valence-corrected chi connectivity index (χ1v) is 13.6. The van der Waals surface area contributed by atoms with Crippen molar-refractivity contribution in [3.05, 3.63) is 35.4 Å². The number of piperidine rings is 1. The molecule has 0 radical (unpaired) electrons. The number of carbonyl (C=O) groups is 2. The van der Waals surface area contributed by atoms with Gasteiger partial charge in [0.2, 0.25) is 5.91 Å². The van der Waals surface area contributed by atoms with Crippen LogP contribution in [0.4, 0.5) is 4.79 Å². The van der Waals surface area contributed by atoms with Crippen molar-refractivity contribution in [1.29, 1.82) is 0 Å². The largest absolute Gasteiger partial charge is 0.441 e. The number of likely N-dealkylation sites (tertiary alicyclic amines) is 1. The van der Waals surface area contributed by atoms with Gasteiger partial charge < -0.3 is 19.7 Å². The highest BCUT2D eigenvalue weighted by Crippen LogP contribution is 2.36. The highest BCUT2D eigenvalue weighted by molar-refractivity contribution is 5.78. The maximum absolute atomic E-state index is 12.7. The predicted octanol–water partition coefficient (Wildman–Crippen LogP) is 3.88. The number of benzene rings is 1. The number of hydrogen-bond acceptors (Lipinski definition) is 5. The van der Waals surface area contributed by atoms with E-state index in [9.17, 15) is 9.59 Å². The van der Waals surface area contributed by atoms with Gasteiger partial charge in [-0.25, -0.2) is 4.79 Å². The van der Waals surface area contributed by atoms with Crippen molar-refractivity contribution < 1.29 is 19.1 Å². The lowest BCUT2D eigenvalue weighted by Crippen LogP contribution is -2.47. The minimum absolute atomic E-state index is 0.0993. The quantitative estimate of drug-likeness (QED) is 0.637. The fourth-order valence-corrected chi connectivity index (χ4v) is 6.36. The molecule has 1 aliphatic carbocycles. The Hall–Kier alpha value is -2.12. The molecule has 1 aromatic rings. The average Bonchev–Trinajstić information content (AvgIpc) is 3.48. The fourth-order valence-electron chi connectivity index (χ4n) is 6.36. The summed E-state index contributed by atoms with van der Waals surface area (Å²) < 4.78 is 11.6. The molecule has 2 amide bonds. The van der Waals surface area contributed by atoms with Crippen molar-refractivity contribution in [2.24, 2.45) is 11.8 Å². The van der Waals surface area contributed by atoms with Crippen LogP contribution in [0.5, 0.6) is 0 Å². The Kier molecular flexibility index (Phi) is 7.63. The van der Waals surface area contributed by atoms with E-state index in [4.69, 9.17) is 9.47 Å². The summed E-state index contributed by atoms with van der Waals surface area (Å²) in [6.45, 7) is 7.95. The second kappa shape index (κ2) is 10.9. The molecule has 3 heterocycles. The second-order valence-electron chi connectivity index (χ2n) is 11.3. The van der Waals surface area contributed by atoms with Crippen molar-refractivity contribution >= 4 is 12.0 Å². The van der Waals surface area contributed by atoms with Crippen LogP contribution in [-0.2, 0) is 20.8 Å². The highest BCUT2D eigenvalue weighted by atomic mass is 16.6. The van der Waals surface area contributed by atoms with Crippen LogP contribution in [0.2, 0.25) is 0 Å². The number of nitrogens with one attached hydrogen (secondary N) is 1. The van der Waals surface area contributed by atoms with E-state index < -0.39 is 0 Å². The lowest BCUT2D eigenvalue weighted by molar-refractivity contribution is -0.126. The van der Waals surface area contributed by atoms with Crippen LogP contribution in [0.15, 0.2) is 24.3 Å². The normalized spacial score (nSPS) is 28.9. The maximum atomic E-state index is 12.7. The SMILES string of the molecule is Cc1cccc(CN2CCC3(CC2)CN(CC2CCC(C(=O)NCC4CCCO4)CC2)C(=O)O3)c1. The Morgan fingerprint density at radius 3 is 2.66 bits per heavy atom. The van der Waals surface area contributed by atoms with Gasteiger partial charge in [0.05, 0.1) is 12.6 Å². The summed E-state index contributed by atoms with van der Waals surface area (Å²) in [5.74, 6) is 0.736. The molecule has 0 bridgehead atoms. The molecule has 7 nitrogen and oxygen atoms in total. The molecule has 4 fully saturated rings. The Labute approximate surface area is 209 Å². The summed E-state index contributed by atoms with van der Waals surface area (Å²) in [6.07, 6.45) is 7.80. The topological polar surface area (TPSA) is 71.1 Å². The average molecular weight is 484 g/mol. The number of aryl methyl sites for hydroxylation is 1. The summed E-state index contributed by atoms with van der Waals surface area (Å²) in [7, 11) is 0. The molecule has 1 unspecified atom stereocenters. The Morgan fingerprint density at radius 2 is 1.94 bits per heavy atom. The van der Waals surface area contributed by atoms with Gasteiger partial charge in [0.25, 0.3) is 0 Å². The van der Waals surface area contributed by atoms with Crippen LogP contribution < -0.4 is 5.32 Å². The van der Waals surface area contributed by atoms with Gasteiger partial charge in [0.15, 0.2) is 0 Å². The van der Waals surface area contributed by atoms with Gasteiger partial charge in [-0.3, -0.25) is 9.69 Å². The zero-order valence-corrected chi connectivity index (χ0v) is 21.2. The molecular formula is C28H41N3O4. The molecule has 3 saturated heterocycles. The predicted molar refractivity (Wildman–Crippen MR) is 134 cm³/mol. The minimum Gasteiger partial charge on any atom is -0.441 e. The summed E-state index contributed by atoms with van der Waals surface area (Å²) in [6, 6.07) is 8.70. The third-order valence-corrected chi connectivity index (χ3v) is 8.52. The molecular weight excluding hydrogens is 442 g/mol. The van der Waals surface area contributed by atoms with Gasteiger partial charge >= 0.3 is 6.09 Å². The maximum Gasteiger partial charge on any atom is 0.410 e. The third-order valence-electron chi connectivity index (χ3n) is 8.52. The van der Waals surface area contributed by atoms with E-state index in [1.165, 1.54) is 11.1 Å². The third kappa shape index (κ3) is 6.18. The number of rotatable bonds is 7. The number of hydrogen-bond donors (Lipinski definition) is 1. The summed E-state index contributed by atoms with van der Waals surface area (Å²) in [5.41, 5.74) is 2.33. The number of nitrogens with zero attached hydrogens (tertiary/aromatic N) is 2. The van der Waals surface area contributed by atoms with E-state index in [2.05, 4.69) is 41.4 Å². The molecule has 0 aromatic heterocycles. The van der Waals surface area contributed by atoms with Crippen molar-refractivity contribution in [1.82, 2.24) is 15.1 Å². The molecule has 3 aliphatic heterocycles. The number of amides is 2. The van der Waals surface area contributed by atoms with Crippen molar-refractivity contribution in [3.63, 3.8) is 0 Å². The van der Waals surface area contributed by atoms with Crippen LogP contribution in [0, 0.1) is 18.8 Å². The molecule has 1 aromatic carbocycles. The van der Waals surface area contributed by atoms with Gasteiger partial charge in [-0.2, -0.15) is 0 Å². The smallest absolute Gasteiger partial charge is 0.410 e. The molecule has 4 aliphatic rings. The minimum atomic E-state index is -0.320. The van der Waals surface area contributed by atoms with E-state index in [0.717, 1.165) is 84.2 Å². The highest BCUT2D eigenvalue weighted by Gasteiger charge is 2.47. The summed E-state index contributed by atoms with van der Waals surface area (Å²) >= 11 is 0. The van der Waals surface area contributed by atoms with Gasteiger partial charge in [-0.15, -0.1) is 0 Å². The van der Waals surface area contributed by atoms with Gasteiger partial charge in [-0.1, -0.05) is 29.8 Å². The van der Waals surface area contributed by atoms with Gasteiger partial charge in [0.1, 0.15) is 5.60 Å². The lowest BCUT2D eigenvalue weighted by Gasteiger charge is -2.37. The molecule has 7 heteroatoms. The lowest BCUT2D eigenvalue weighted by atomic mass is 9.81. The van der Waals surface area contributed by atoms with Gasteiger partial charge in [0, 0.05) is 58.1 Å². The Morgan fingerprint density at radius 1 is 1.14 bits per heavy atom. The first-order valence-electron chi connectivity index (χ1n) is 13.6. The van der Waals surface area contributed by atoms with Crippen LogP contribution in [0.1, 0.15) is 62.5 Å². The molecule has 1 N–H and O–H groups in total. The first kappa shape index (κ1) is 24.6. The molecule has 5 rings (SSSR count). The van der Waals surface area contributed by atoms with Crippen molar-refractivity contribution in [2.45, 2.75) is 76.5 Å².